The molecule has 1 saturated heterocycles. The van der Waals surface area contributed by atoms with Crippen molar-refractivity contribution >= 4 is 38.8 Å². The summed E-state index contributed by atoms with van der Waals surface area (Å²) in [6.45, 7) is 2.57. The molecule has 27 heavy (non-hydrogen) atoms. The standard InChI is InChI=1S/C19H24BrN3O4/c1-26-8-7-22-14-10-17(20)27-16(14)9-15(22)19(25)23(13-4-5-13)18(24)12-3-2-6-21-11-12/h9-10,12-13,21H,2-8,11H2,1H3. The molecule has 1 N–H and O–H groups in total. The van der Waals surface area contributed by atoms with Crippen LogP contribution in [0.15, 0.2) is 21.2 Å². The van der Waals surface area contributed by atoms with Crippen LogP contribution in [0.25, 0.3) is 11.1 Å². The van der Waals surface area contributed by atoms with E-state index in [0.29, 0.717) is 35.6 Å². The molecule has 0 spiro atoms. The number of ether oxygens (including phenoxy) is 1. The fourth-order valence-corrected chi connectivity index (χ4v) is 4.16. The number of fused-ring (bicyclic) bond motifs is 1. The fourth-order valence-electron chi connectivity index (χ4n) is 3.77. The summed E-state index contributed by atoms with van der Waals surface area (Å²) in [5.74, 6) is -0.401. The molecule has 2 aliphatic rings. The first-order valence-electron chi connectivity index (χ1n) is 9.45. The number of hydrogen-bond acceptors (Lipinski definition) is 5. The Balaban J connectivity index is 1.66. The normalized spacial score (nSPS) is 20.1. The first kappa shape index (κ1) is 18.7. The van der Waals surface area contributed by atoms with Crippen LogP contribution in [0.1, 0.15) is 36.2 Å². The molecule has 1 aliphatic heterocycles. The highest BCUT2D eigenvalue weighted by Gasteiger charge is 2.41. The summed E-state index contributed by atoms with van der Waals surface area (Å²) in [6, 6.07) is 3.60. The number of furan rings is 1. The van der Waals surface area contributed by atoms with E-state index in [1.54, 1.807) is 13.2 Å². The average Bonchev–Trinajstić information content (AvgIpc) is 3.35. The van der Waals surface area contributed by atoms with Crippen molar-refractivity contribution in [1.29, 1.82) is 0 Å². The van der Waals surface area contributed by atoms with Crippen LogP contribution in [0, 0.1) is 5.92 Å². The van der Waals surface area contributed by atoms with E-state index in [-0.39, 0.29) is 23.8 Å². The van der Waals surface area contributed by atoms with Gasteiger partial charge in [-0.3, -0.25) is 14.5 Å². The Bertz CT molecular complexity index is 849. The van der Waals surface area contributed by atoms with Crippen LogP contribution in [-0.2, 0) is 16.1 Å². The lowest BCUT2D eigenvalue weighted by molar-refractivity contribution is -0.133. The first-order chi connectivity index (χ1) is 13.1. The van der Waals surface area contributed by atoms with Crippen molar-refractivity contribution in [3.05, 3.63) is 22.5 Å². The van der Waals surface area contributed by atoms with Gasteiger partial charge >= 0.3 is 0 Å². The van der Waals surface area contributed by atoms with Gasteiger partial charge in [0.1, 0.15) is 5.69 Å². The topological polar surface area (TPSA) is 76.7 Å². The number of piperidine rings is 1. The van der Waals surface area contributed by atoms with Crippen molar-refractivity contribution in [1.82, 2.24) is 14.8 Å². The van der Waals surface area contributed by atoms with Crippen LogP contribution in [0.4, 0.5) is 0 Å². The van der Waals surface area contributed by atoms with Crippen molar-refractivity contribution in [3.8, 4) is 0 Å². The lowest BCUT2D eigenvalue weighted by atomic mass is 9.98. The molecule has 2 amide bonds. The van der Waals surface area contributed by atoms with Gasteiger partial charge in [0, 0.05) is 38.4 Å². The molecule has 146 valence electrons. The van der Waals surface area contributed by atoms with E-state index < -0.39 is 0 Å². The highest BCUT2D eigenvalue weighted by molar-refractivity contribution is 9.10. The Morgan fingerprint density at radius 3 is 2.85 bits per heavy atom. The van der Waals surface area contributed by atoms with Crippen molar-refractivity contribution < 1.29 is 18.7 Å². The monoisotopic (exact) mass is 437 g/mol. The van der Waals surface area contributed by atoms with Crippen LogP contribution in [0.2, 0.25) is 0 Å². The molecule has 2 aromatic heterocycles. The van der Waals surface area contributed by atoms with E-state index in [2.05, 4.69) is 21.2 Å². The second-order valence-electron chi connectivity index (χ2n) is 7.26. The summed E-state index contributed by atoms with van der Waals surface area (Å²) in [5.41, 5.74) is 1.94. The largest absolute Gasteiger partial charge is 0.448 e. The van der Waals surface area contributed by atoms with E-state index in [9.17, 15) is 9.59 Å². The van der Waals surface area contributed by atoms with Gasteiger partial charge in [-0.05, 0) is 48.2 Å². The molecular weight excluding hydrogens is 414 g/mol. The molecular formula is C19H24BrN3O4. The zero-order valence-corrected chi connectivity index (χ0v) is 17.0. The molecule has 1 atom stereocenters. The maximum Gasteiger partial charge on any atom is 0.277 e. The van der Waals surface area contributed by atoms with Crippen molar-refractivity contribution in [2.24, 2.45) is 5.92 Å². The number of rotatable bonds is 6. The van der Waals surface area contributed by atoms with Crippen LogP contribution in [-0.4, -0.2) is 54.1 Å². The minimum atomic E-state index is -0.230. The molecule has 8 heteroatoms. The predicted octanol–water partition coefficient (Wildman–Crippen LogP) is 2.77. The number of amides is 2. The highest BCUT2D eigenvalue weighted by Crippen LogP contribution is 2.33. The van der Waals surface area contributed by atoms with E-state index >= 15 is 0 Å². The Hall–Kier alpha value is -1.64. The summed E-state index contributed by atoms with van der Waals surface area (Å²) in [5, 5.41) is 3.27. The zero-order chi connectivity index (χ0) is 19.0. The molecule has 0 aromatic carbocycles. The summed E-state index contributed by atoms with van der Waals surface area (Å²) in [4.78, 5) is 28.0. The molecule has 2 fully saturated rings. The van der Waals surface area contributed by atoms with Crippen molar-refractivity contribution in [3.63, 3.8) is 0 Å². The number of nitrogens with zero attached hydrogens (tertiary/aromatic N) is 2. The molecule has 4 rings (SSSR count). The van der Waals surface area contributed by atoms with E-state index in [1.807, 2.05) is 10.6 Å². The van der Waals surface area contributed by atoms with Gasteiger partial charge in [0.2, 0.25) is 5.91 Å². The summed E-state index contributed by atoms with van der Waals surface area (Å²) in [7, 11) is 1.63. The number of carbonyl (C=O) groups excluding carboxylic acids is 2. The Morgan fingerprint density at radius 1 is 1.37 bits per heavy atom. The fraction of sp³-hybridized carbons (Fsp3) is 0.579. The molecule has 0 bridgehead atoms. The van der Waals surface area contributed by atoms with Crippen molar-refractivity contribution in [2.75, 3.05) is 26.8 Å². The molecule has 1 unspecified atom stereocenters. The molecule has 1 saturated carbocycles. The number of hydrogen-bond donors (Lipinski definition) is 1. The second-order valence-corrected chi connectivity index (χ2v) is 8.04. The van der Waals surface area contributed by atoms with Gasteiger partial charge in [0.15, 0.2) is 10.3 Å². The third-order valence-electron chi connectivity index (χ3n) is 5.31. The van der Waals surface area contributed by atoms with Crippen LogP contribution >= 0.6 is 15.9 Å². The second kappa shape index (κ2) is 7.77. The van der Waals surface area contributed by atoms with E-state index in [0.717, 1.165) is 37.7 Å². The highest BCUT2D eigenvalue weighted by atomic mass is 79.9. The molecule has 2 aromatic rings. The van der Waals surface area contributed by atoms with E-state index in [4.69, 9.17) is 9.15 Å². The van der Waals surface area contributed by atoms with Gasteiger partial charge in [-0.25, -0.2) is 0 Å². The first-order valence-corrected chi connectivity index (χ1v) is 10.2. The lowest BCUT2D eigenvalue weighted by Gasteiger charge is -2.28. The van der Waals surface area contributed by atoms with Gasteiger partial charge in [-0.2, -0.15) is 0 Å². The maximum absolute atomic E-state index is 13.4. The SMILES string of the molecule is COCCn1c(C(=O)N(C(=O)C2CCCNC2)C2CC2)cc2oc(Br)cc21. The van der Waals surface area contributed by atoms with Gasteiger partial charge in [-0.1, -0.05) is 0 Å². The Labute approximate surface area is 166 Å². The molecule has 0 radical (unpaired) electrons. The summed E-state index contributed by atoms with van der Waals surface area (Å²) in [6.07, 6.45) is 3.58. The number of carbonyl (C=O) groups is 2. The van der Waals surface area contributed by atoms with Gasteiger partial charge in [0.25, 0.3) is 5.91 Å². The van der Waals surface area contributed by atoms with Crippen LogP contribution < -0.4 is 5.32 Å². The number of halogens is 1. The third-order valence-corrected chi connectivity index (χ3v) is 5.70. The number of aromatic nitrogens is 1. The Kier molecular flexibility index (Phi) is 5.39. The summed E-state index contributed by atoms with van der Waals surface area (Å²) < 4.78 is 13.3. The average molecular weight is 438 g/mol. The predicted molar refractivity (Wildman–Crippen MR) is 104 cm³/mol. The molecule has 3 heterocycles. The van der Waals surface area contributed by atoms with Gasteiger partial charge < -0.3 is 19.0 Å². The van der Waals surface area contributed by atoms with Gasteiger partial charge in [-0.15, -0.1) is 0 Å². The smallest absolute Gasteiger partial charge is 0.277 e. The minimum absolute atomic E-state index is 0.0238. The minimum Gasteiger partial charge on any atom is -0.448 e. The zero-order valence-electron chi connectivity index (χ0n) is 15.4. The number of nitrogens with one attached hydrogen (secondary N) is 1. The van der Waals surface area contributed by atoms with Crippen LogP contribution in [0.5, 0.6) is 0 Å². The molecule has 7 nitrogen and oxygen atoms in total. The van der Waals surface area contributed by atoms with Gasteiger partial charge in [0.05, 0.1) is 18.0 Å². The molecule has 1 aliphatic carbocycles. The maximum atomic E-state index is 13.4. The quantitative estimate of drug-likeness (QED) is 0.702. The third kappa shape index (κ3) is 3.70. The lowest BCUT2D eigenvalue weighted by Crippen LogP contribution is -2.47. The van der Waals surface area contributed by atoms with Crippen LogP contribution in [0.3, 0.4) is 0 Å². The summed E-state index contributed by atoms with van der Waals surface area (Å²) >= 11 is 3.34. The number of methoxy groups -OCH3 is 1. The van der Waals surface area contributed by atoms with Crippen molar-refractivity contribution in [2.45, 2.75) is 38.3 Å². The number of imide groups is 1. The van der Waals surface area contributed by atoms with E-state index in [1.165, 1.54) is 4.90 Å². The Morgan fingerprint density at radius 2 is 2.19 bits per heavy atom.